The molecule has 1 aliphatic carbocycles. The zero-order chi connectivity index (χ0) is 11.3. The molecule has 4 atom stereocenters. The van der Waals surface area contributed by atoms with Gasteiger partial charge in [-0.1, -0.05) is 39.5 Å². The first-order valence-electron chi connectivity index (χ1n) is 6.59. The van der Waals surface area contributed by atoms with Gasteiger partial charge in [0.25, 0.3) is 0 Å². The first-order valence-corrected chi connectivity index (χ1v) is 6.59. The van der Waals surface area contributed by atoms with Gasteiger partial charge in [0.15, 0.2) is 0 Å². The molecule has 2 nitrogen and oxygen atoms in total. The lowest BCUT2D eigenvalue weighted by molar-refractivity contribution is 0.0965. The molecular weight excluding hydrogens is 186 g/mol. The number of aliphatic hydroxyl groups excluding tert-OH is 1. The largest absolute Gasteiger partial charge is 0.379 e. The fraction of sp³-hybridized carbons (Fsp3) is 1.00. The minimum absolute atomic E-state index is 0.365. The van der Waals surface area contributed by atoms with Gasteiger partial charge in [0.2, 0.25) is 0 Å². The molecule has 1 fully saturated rings. The minimum Gasteiger partial charge on any atom is -0.379 e. The van der Waals surface area contributed by atoms with Gasteiger partial charge >= 0.3 is 0 Å². The fourth-order valence-electron chi connectivity index (χ4n) is 2.98. The molecule has 0 aromatic carbocycles. The molecule has 90 valence electrons. The molecule has 0 bridgehead atoms. The Morgan fingerprint density at radius 2 is 2.00 bits per heavy atom. The van der Waals surface area contributed by atoms with Crippen LogP contribution >= 0.6 is 0 Å². The van der Waals surface area contributed by atoms with Crippen LogP contribution in [0.5, 0.6) is 0 Å². The molecule has 0 spiro atoms. The number of hydrogen-bond acceptors (Lipinski definition) is 2. The zero-order valence-corrected chi connectivity index (χ0v) is 10.5. The highest BCUT2D eigenvalue weighted by Gasteiger charge is 2.28. The molecule has 0 amide bonds. The van der Waals surface area contributed by atoms with E-state index >= 15 is 0 Å². The van der Waals surface area contributed by atoms with Gasteiger partial charge in [0.05, 0.1) is 0 Å². The molecule has 0 saturated heterocycles. The summed E-state index contributed by atoms with van der Waals surface area (Å²) in [6.45, 7) is 6.43. The lowest BCUT2D eigenvalue weighted by Gasteiger charge is -2.36. The summed E-state index contributed by atoms with van der Waals surface area (Å²) in [6.07, 6.45) is 7.50. The van der Waals surface area contributed by atoms with E-state index in [0.717, 1.165) is 11.8 Å². The van der Waals surface area contributed by atoms with E-state index in [-0.39, 0.29) is 6.23 Å². The van der Waals surface area contributed by atoms with Crippen LogP contribution < -0.4 is 5.32 Å². The molecule has 0 aliphatic heterocycles. The van der Waals surface area contributed by atoms with E-state index in [4.69, 9.17) is 0 Å². The standard InChI is InChI=1S/C13H27NO/c1-4-7-13(14-11(3)15)12-9-6-5-8-10(12)2/h10-15H,4-9H2,1-3H3. The lowest BCUT2D eigenvalue weighted by atomic mass is 9.75. The van der Waals surface area contributed by atoms with E-state index in [1.807, 2.05) is 6.92 Å². The van der Waals surface area contributed by atoms with Gasteiger partial charge in [0.1, 0.15) is 6.23 Å². The SMILES string of the molecule is CCCC(NC(C)O)C1CCCCC1C. The summed E-state index contributed by atoms with van der Waals surface area (Å²) in [4.78, 5) is 0. The van der Waals surface area contributed by atoms with E-state index in [1.54, 1.807) is 0 Å². The molecule has 1 saturated carbocycles. The average molecular weight is 213 g/mol. The van der Waals surface area contributed by atoms with Crippen LogP contribution in [0.4, 0.5) is 0 Å². The van der Waals surface area contributed by atoms with Gasteiger partial charge in [-0.05, 0) is 31.6 Å². The van der Waals surface area contributed by atoms with Crippen molar-refractivity contribution in [3.8, 4) is 0 Å². The van der Waals surface area contributed by atoms with Crippen molar-refractivity contribution in [2.45, 2.75) is 71.6 Å². The van der Waals surface area contributed by atoms with Crippen molar-refractivity contribution in [1.82, 2.24) is 5.32 Å². The van der Waals surface area contributed by atoms with Crippen LogP contribution in [0.2, 0.25) is 0 Å². The summed E-state index contributed by atoms with van der Waals surface area (Å²) < 4.78 is 0. The number of rotatable bonds is 5. The Balaban J connectivity index is 2.51. The van der Waals surface area contributed by atoms with Crippen LogP contribution in [0.25, 0.3) is 0 Å². The van der Waals surface area contributed by atoms with Crippen molar-refractivity contribution in [3.63, 3.8) is 0 Å². The molecule has 0 aromatic heterocycles. The van der Waals surface area contributed by atoms with Gasteiger partial charge in [-0.3, -0.25) is 5.32 Å². The maximum atomic E-state index is 9.46. The molecule has 0 radical (unpaired) electrons. The van der Waals surface area contributed by atoms with Gasteiger partial charge in [0, 0.05) is 6.04 Å². The highest BCUT2D eigenvalue weighted by Crippen LogP contribution is 2.33. The number of nitrogens with one attached hydrogen (secondary N) is 1. The number of aliphatic hydroxyl groups is 1. The summed E-state index contributed by atoms with van der Waals surface area (Å²) in [6, 6.07) is 0.519. The van der Waals surface area contributed by atoms with Crippen molar-refractivity contribution in [1.29, 1.82) is 0 Å². The predicted molar refractivity (Wildman–Crippen MR) is 64.6 cm³/mol. The Morgan fingerprint density at radius 1 is 1.33 bits per heavy atom. The number of hydrogen-bond donors (Lipinski definition) is 2. The van der Waals surface area contributed by atoms with Crippen LogP contribution in [-0.2, 0) is 0 Å². The lowest BCUT2D eigenvalue weighted by Crippen LogP contribution is -2.44. The molecule has 0 aromatic rings. The van der Waals surface area contributed by atoms with E-state index in [1.165, 1.54) is 38.5 Å². The third-order valence-corrected chi connectivity index (χ3v) is 3.75. The molecule has 4 unspecified atom stereocenters. The van der Waals surface area contributed by atoms with Crippen LogP contribution in [0.3, 0.4) is 0 Å². The quantitative estimate of drug-likeness (QED) is 0.688. The maximum Gasteiger partial charge on any atom is 0.102 e. The van der Waals surface area contributed by atoms with Crippen LogP contribution in [0, 0.1) is 11.8 Å². The topological polar surface area (TPSA) is 32.3 Å². The monoisotopic (exact) mass is 213 g/mol. The zero-order valence-electron chi connectivity index (χ0n) is 10.5. The highest BCUT2D eigenvalue weighted by molar-refractivity contribution is 4.83. The second kappa shape index (κ2) is 6.49. The Morgan fingerprint density at radius 3 is 2.53 bits per heavy atom. The first kappa shape index (κ1) is 13.0. The molecule has 0 heterocycles. The molecule has 2 N–H and O–H groups in total. The summed E-state index contributed by atoms with van der Waals surface area (Å²) in [5.74, 6) is 1.59. The van der Waals surface area contributed by atoms with Crippen LogP contribution in [0.15, 0.2) is 0 Å². The normalized spacial score (nSPS) is 31.2. The third kappa shape index (κ3) is 4.12. The fourth-order valence-corrected chi connectivity index (χ4v) is 2.98. The summed E-state index contributed by atoms with van der Waals surface area (Å²) in [7, 11) is 0. The molecule has 1 aliphatic rings. The van der Waals surface area contributed by atoms with E-state index in [0.29, 0.717) is 6.04 Å². The minimum atomic E-state index is -0.365. The molecular formula is C13H27NO. The van der Waals surface area contributed by atoms with Crippen molar-refractivity contribution in [2.75, 3.05) is 0 Å². The second-order valence-corrected chi connectivity index (χ2v) is 5.16. The first-order chi connectivity index (χ1) is 7.15. The van der Waals surface area contributed by atoms with Crippen molar-refractivity contribution in [3.05, 3.63) is 0 Å². The van der Waals surface area contributed by atoms with Crippen molar-refractivity contribution in [2.24, 2.45) is 11.8 Å². The molecule has 2 heteroatoms. The average Bonchev–Trinajstić information content (AvgIpc) is 2.17. The van der Waals surface area contributed by atoms with Gasteiger partial charge in [-0.15, -0.1) is 0 Å². The Kier molecular flexibility index (Phi) is 5.62. The molecule has 15 heavy (non-hydrogen) atoms. The smallest absolute Gasteiger partial charge is 0.102 e. The van der Waals surface area contributed by atoms with E-state index in [9.17, 15) is 5.11 Å². The third-order valence-electron chi connectivity index (χ3n) is 3.75. The molecule has 1 rings (SSSR count). The Hall–Kier alpha value is -0.0800. The summed E-state index contributed by atoms with van der Waals surface area (Å²) in [5.41, 5.74) is 0. The van der Waals surface area contributed by atoms with Crippen molar-refractivity contribution < 1.29 is 5.11 Å². The van der Waals surface area contributed by atoms with Gasteiger partial charge < -0.3 is 5.11 Å². The van der Waals surface area contributed by atoms with E-state index in [2.05, 4.69) is 19.2 Å². The summed E-state index contributed by atoms with van der Waals surface area (Å²) in [5, 5.41) is 12.8. The highest BCUT2D eigenvalue weighted by atomic mass is 16.3. The second-order valence-electron chi connectivity index (χ2n) is 5.16. The summed E-state index contributed by atoms with van der Waals surface area (Å²) >= 11 is 0. The van der Waals surface area contributed by atoms with Gasteiger partial charge in [-0.25, -0.2) is 0 Å². The predicted octanol–water partition coefficient (Wildman–Crippen LogP) is 2.91. The maximum absolute atomic E-state index is 9.46. The van der Waals surface area contributed by atoms with Crippen LogP contribution in [-0.4, -0.2) is 17.4 Å². The Bertz CT molecular complexity index is 170. The van der Waals surface area contributed by atoms with Gasteiger partial charge in [-0.2, -0.15) is 0 Å². The van der Waals surface area contributed by atoms with Crippen LogP contribution in [0.1, 0.15) is 59.3 Å². The Labute approximate surface area is 94.5 Å². The van der Waals surface area contributed by atoms with E-state index < -0.39 is 0 Å². The van der Waals surface area contributed by atoms with Crippen molar-refractivity contribution >= 4 is 0 Å².